The van der Waals surface area contributed by atoms with Crippen LogP contribution < -0.4 is 5.73 Å². The summed E-state index contributed by atoms with van der Waals surface area (Å²) >= 11 is 0. The Bertz CT molecular complexity index is 310. The molecule has 0 radical (unpaired) electrons. The first kappa shape index (κ1) is 18.2. The summed E-state index contributed by atoms with van der Waals surface area (Å²) in [6.45, 7) is 10.3. The van der Waals surface area contributed by atoms with Gasteiger partial charge >= 0.3 is 6.09 Å². The second-order valence-electron chi connectivity index (χ2n) is 6.52. The quantitative estimate of drug-likeness (QED) is 0.801. The van der Waals surface area contributed by atoms with Gasteiger partial charge in [-0.1, -0.05) is 0 Å². The number of hydrogen-bond donors (Lipinski definition) is 1. The number of carbonyl (C=O) groups excluding carboxylic acids is 1. The van der Waals surface area contributed by atoms with E-state index in [1.807, 2.05) is 20.8 Å². The minimum Gasteiger partial charge on any atom is -0.444 e. The zero-order valence-corrected chi connectivity index (χ0v) is 13.9. The third-order valence-electron chi connectivity index (χ3n) is 3.63. The van der Waals surface area contributed by atoms with Crippen LogP contribution in [-0.2, 0) is 9.47 Å². The first-order valence-electron chi connectivity index (χ1n) is 7.78. The number of methoxy groups -OCH3 is 1. The summed E-state index contributed by atoms with van der Waals surface area (Å²) in [6.07, 6.45) is 1.72. The van der Waals surface area contributed by atoms with Gasteiger partial charge in [-0.15, -0.1) is 0 Å². The number of likely N-dealkylation sites (tertiary alicyclic amines) is 1. The molecule has 1 amide bonds. The largest absolute Gasteiger partial charge is 0.444 e. The fourth-order valence-corrected chi connectivity index (χ4v) is 2.59. The maximum atomic E-state index is 12.0. The molecule has 0 saturated carbocycles. The molecule has 21 heavy (non-hydrogen) atoms. The van der Waals surface area contributed by atoms with Gasteiger partial charge in [-0.05, 0) is 33.6 Å². The molecule has 6 heteroatoms. The Balaban J connectivity index is 2.44. The molecule has 0 aromatic heterocycles. The molecule has 1 fully saturated rings. The number of nitrogens with two attached hydrogens (primary N) is 1. The lowest BCUT2D eigenvalue weighted by atomic mass is 10.0. The molecule has 0 aliphatic carbocycles. The van der Waals surface area contributed by atoms with Crippen molar-refractivity contribution in [3.05, 3.63) is 0 Å². The van der Waals surface area contributed by atoms with Crippen LogP contribution in [0.25, 0.3) is 0 Å². The first-order valence-corrected chi connectivity index (χ1v) is 7.78. The van der Waals surface area contributed by atoms with Gasteiger partial charge in [-0.25, -0.2) is 4.79 Å². The summed E-state index contributed by atoms with van der Waals surface area (Å²) < 4.78 is 10.6. The van der Waals surface area contributed by atoms with E-state index in [4.69, 9.17) is 15.2 Å². The van der Waals surface area contributed by atoms with E-state index in [0.717, 1.165) is 39.0 Å². The van der Waals surface area contributed by atoms with E-state index in [0.29, 0.717) is 19.2 Å². The topological polar surface area (TPSA) is 68.0 Å². The van der Waals surface area contributed by atoms with Crippen LogP contribution in [0.2, 0.25) is 0 Å². The summed E-state index contributed by atoms with van der Waals surface area (Å²) in [5, 5.41) is 0. The van der Waals surface area contributed by atoms with Crippen molar-refractivity contribution < 1.29 is 14.3 Å². The summed E-state index contributed by atoms with van der Waals surface area (Å²) in [4.78, 5) is 16.2. The van der Waals surface area contributed by atoms with Crippen LogP contribution >= 0.6 is 0 Å². The third-order valence-corrected chi connectivity index (χ3v) is 3.63. The maximum absolute atomic E-state index is 12.0. The van der Waals surface area contributed by atoms with Gasteiger partial charge in [0.2, 0.25) is 0 Å². The van der Waals surface area contributed by atoms with Crippen molar-refractivity contribution in [2.75, 3.05) is 46.4 Å². The monoisotopic (exact) mass is 301 g/mol. The molecule has 1 rings (SSSR count). The average Bonchev–Trinajstić information content (AvgIpc) is 2.42. The fourth-order valence-electron chi connectivity index (χ4n) is 2.59. The van der Waals surface area contributed by atoms with Gasteiger partial charge in [0.1, 0.15) is 5.60 Å². The minimum atomic E-state index is -0.433. The number of ether oxygens (including phenoxy) is 2. The fraction of sp³-hybridized carbons (Fsp3) is 0.933. The molecule has 0 aromatic carbocycles. The lowest BCUT2D eigenvalue weighted by Gasteiger charge is -2.38. The second kappa shape index (κ2) is 8.56. The SMILES string of the molecule is COCCN(CCN)C1CCN(C(=O)OC(C)(C)C)CC1. The van der Waals surface area contributed by atoms with Crippen molar-refractivity contribution in [3.63, 3.8) is 0 Å². The zero-order valence-electron chi connectivity index (χ0n) is 13.9. The highest BCUT2D eigenvalue weighted by molar-refractivity contribution is 5.68. The Labute approximate surface area is 128 Å². The van der Waals surface area contributed by atoms with Gasteiger partial charge in [0.05, 0.1) is 6.61 Å². The van der Waals surface area contributed by atoms with Gasteiger partial charge in [-0.3, -0.25) is 4.90 Å². The van der Waals surface area contributed by atoms with Crippen LogP contribution in [0.5, 0.6) is 0 Å². The zero-order chi connectivity index (χ0) is 15.9. The van der Waals surface area contributed by atoms with Gasteiger partial charge in [0.15, 0.2) is 0 Å². The molecule has 0 unspecified atom stereocenters. The Morgan fingerprint density at radius 1 is 1.29 bits per heavy atom. The molecule has 0 atom stereocenters. The number of amides is 1. The molecule has 124 valence electrons. The Morgan fingerprint density at radius 2 is 1.90 bits per heavy atom. The Morgan fingerprint density at radius 3 is 2.38 bits per heavy atom. The summed E-state index contributed by atoms with van der Waals surface area (Å²) in [7, 11) is 1.71. The van der Waals surface area contributed by atoms with Crippen LogP contribution in [0.15, 0.2) is 0 Å². The summed E-state index contributed by atoms with van der Waals surface area (Å²) in [6, 6.07) is 0.474. The molecule has 1 aliphatic heterocycles. The van der Waals surface area contributed by atoms with Gasteiger partial charge in [-0.2, -0.15) is 0 Å². The molecule has 6 nitrogen and oxygen atoms in total. The predicted molar refractivity (Wildman–Crippen MR) is 83.3 cm³/mol. The molecule has 1 saturated heterocycles. The normalized spacial score (nSPS) is 17.3. The second-order valence-corrected chi connectivity index (χ2v) is 6.52. The van der Waals surface area contributed by atoms with Crippen LogP contribution in [-0.4, -0.2) is 74.0 Å². The molecule has 0 bridgehead atoms. The number of nitrogens with zero attached hydrogens (tertiary/aromatic N) is 2. The molecule has 1 aliphatic rings. The lowest BCUT2D eigenvalue weighted by Crippen LogP contribution is -2.49. The number of carbonyl (C=O) groups is 1. The maximum Gasteiger partial charge on any atom is 0.410 e. The smallest absolute Gasteiger partial charge is 0.410 e. The van der Waals surface area contributed by atoms with E-state index >= 15 is 0 Å². The summed E-state index contributed by atoms with van der Waals surface area (Å²) in [5.74, 6) is 0. The first-order chi connectivity index (χ1) is 9.87. The van der Waals surface area contributed by atoms with Crippen LogP contribution in [0.3, 0.4) is 0 Å². The molecule has 2 N–H and O–H groups in total. The number of piperidine rings is 1. The Kier molecular flexibility index (Phi) is 7.42. The van der Waals surface area contributed by atoms with E-state index in [2.05, 4.69) is 4.90 Å². The molecular formula is C15H31N3O3. The van der Waals surface area contributed by atoms with E-state index < -0.39 is 5.60 Å². The predicted octanol–water partition coefficient (Wildman–Crippen LogP) is 1.29. The minimum absolute atomic E-state index is 0.205. The summed E-state index contributed by atoms with van der Waals surface area (Å²) in [5.41, 5.74) is 5.25. The highest BCUT2D eigenvalue weighted by Crippen LogP contribution is 2.19. The van der Waals surface area contributed by atoms with E-state index in [1.54, 1.807) is 12.0 Å². The number of hydrogen-bond acceptors (Lipinski definition) is 5. The Hall–Kier alpha value is -0.850. The van der Waals surface area contributed by atoms with E-state index in [1.165, 1.54) is 0 Å². The molecule has 1 heterocycles. The van der Waals surface area contributed by atoms with Crippen molar-refractivity contribution >= 4 is 6.09 Å². The highest BCUT2D eigenvalue weighted by Gasteiger charge is 2.29. The molecular weight excluding hydrogens is 270 g/mol. The van der Waals surface area contributed by atoms with E-state index in [9.17, 15) is 4.79 Å². The standard InChI is InChI=1S/C15H31N3O3/c1-15(2,3)21-14(19)18-8-5-13(6-9-18)17(10-7-16)11-12-20-4/h13H,5-12,16H2,1-4H3. The van der Waals surface area contributed by atoms with Crippen molar-refractivity contribution in [2.45, 2.75) is 45.3 Å². The molecule has 0 aromatic rings. The molecule has 0 spiro atoms. The number of rotatable bonds is 6. The van der Waals surface area contributed by atoms with Gasteiger partial charge in [0, 0.05) is 45.9 Å². The highest BCUT2D eigenvalue weighted by atomic mass is 16.6. The lowest BCUT2D eigenvalue weighted by molar-refractivity contribution is 0.0129. The van der Waals surface area contributed by atoms with Crippen molar-refractivity contribution in [2.24, 2.45) is 5.73 Å². The van der Waals surface area contributed by atoms with Gasteiger partial charge < -0.3 is 20.1 Å². The van der Waals surface area contributed by atoms with Crippen LogP contribution in [0, 0.1) is 0 Å². The average molecular weight is 301 g/mol. The van der Waals surface area contributed by atoms with Crippen molar-refractivity contribution in [1.29, 1.82) is 0 Å². The van der Waals surface area contributed by atoms with Crippen LogP contribution in [0.4, 0.5) is 4.79 Å². The van der Waals surface area contributed by atoms with E-state index in [-0.39, 0.29) is 6.09 Å². The third kappa shape index (κ3) is 6.63. The van der Waals surface area contributed by atoms with Crippen molar-refractivity contribution in [1.82, 2.24) is 9.80 Å². The van der Waals surface area contributed by atoms with Gasteiger partial charge in [0.25, 0.3) is 0 Å². The van der Waals surface area contributed by atoms with Crippen LogP contribution in [0.1, 0.15) is 33.6 Å². The van der Waals surface area contributed by atoms with Crippen molar-refractivity contribution in [3.8, 4) is 0 Å².